The Morgan fingerprint density at radius 1 is 0.906 bits per heavy atom. The average Bonchev–Trinajstić information content (AvgIpc) is 2.78. The molecule has 32 heavy (non-hydrogen) atoms. The molecule has 0 aliphatic rings. The lowest BCUT2D eigenvalue weighted by atomic mass is 10.1. The van der Waals surface area contributed by atoms with Crippen molar-refractivity contribution in [2.24, 2.45) is 0 Å². The highest BCUT2D eigenvalue weighted by atomic mass is 32.2. The quantitative estimate of drug-likeness (QED) is 0.529. The number of carbonyl (C=O) groups is 1. The molecule has 0 aromatic heterocycles. The highest BCUT2D eigenvalue weighted by molar-refractivity contribution is 7.92. The minimum absolute atomic E-state index is 0.153. The summed E-state index contributed by atoms with van der Waals surface area (Å²) in [7, 11) is -0.652. The molecule has 2 N–H and O–H groups in total. The van der Waals surface area contributed by atoms with Gasteiger partial charge in [0.05, 0.1) is 25.2 Å². The van der Waals surface area contributed by atoms with Crippen LogP contribution in [-0.2, 0) is 10.0 Å². The smallest absolute Gasteiger partial charge is 0.261 e. The number of carbonyl (C=O) groups excluding carboxylic acids is 1. The lowest BCUT2D eigenvalue weighted by Gasteiger charge is -2.17. The van der Waals surface area contributed by atoms with Crippen molar-refractivity contribution in [3.8, 4) is 11.5 Å². The van der Waals surface area contributed by atoms with E-state index >= 15 is 0 Å². The first-order valence-corrected chi connectivity index (χ1v) is 11.4. The molecule has 1 atom stereocenters. The Morgan fingerprint density at radius 3 is 2.25 bits per heavy atom. The molecule has 0 radical (unpaired) electrons. The van der Waals surface area contributed by atoms with Crippen LogP contribution in [0.3, 0.4) is 0 Å². The maximum Gasteiger partial charge on any atom is 0.261 e. The molecule has 0 bridgehead atoms. The molecule has 3 aromatic rings. The highest BCUT2D eigenvalue weighted by Gasteiger charge is 2.17. The van der Waals surface area contributed by atoms with Crippen molar-refractivity contribution in [3.63, 3.8) is 0 Å². The molecular formula is C24H26N2O5S. The van der Waals surface area contributed by atoms with Crippen LogP contribution in [-0.4, -0.2) is 28.5 Å². The molecule has 0 heterocycles. The van der Waals surface area contributed by atoms with Crippen LogP contribution >= 0.6 is 0 Å². The van der Waals surface area contributed by atoms with Crippen LogP contribution in [0.5, 0.6) is 11.5 Å². The molecule has 3 rings (SSSR count). The van der Waals surface area contributed by atoms with E-state index < -0.39 is 10.0 Å². The molecule has 0 unspecified atom stereocenters. The van der Waals surface area contributed by atoms with E-state index in [1.54, 1.807) is 68.8 Å². The Morgan fingerprint density at radius 2 is 1.59 bits per heavy atom. The Hall–Kier alpha value is -3.52. The highest BCUT2D eigenvalue weighted by Crippen LogP contribution is 2.30. The van der Waals surface area contributed by atoms with Crippen LogP contribution in [0.15, 0.2) is 71.6 Å². The fourth-order valence-corrected chi connectivity index (χ4v) is 4.19. The number of aryl methyl sites for hydroxylation is 1. The fourth-order valence-electron chi connectivity index (χ4n) is 3.14. The van der Waals surface area contributed by atoms with Gasteiger partial charge >= 0.3 is 0 Å². The van der Waals surface area contributed by atoms with Gasteiger partial charge in [0.25, 0.3) is 15.9 Å². The van der Waals surface area contributed by atoms with Crippen LogP contribution in [0.2, 0.25) is 0 Å². The molecule has 0 spiro atoms. The first kappa shape index (κ1) is 23.1. The van der Waals surface area contributed by atoms with Crippen molar-refractivity contribution in [2.45, 2.75) is 24.8 Å². The minimum atomic E-state index is -3.76. The first-order valence-electron chi connectivity index (χ1n) is 9.96. The number of nitrogens with one attached hydrogen (secondary N) is 2. The number of rotatable bonds is 8. The zero-order valence-corrected chi connectivity index (χ0v) is 19.2. The van der Waals surface area contributed by atoms with Gasteiger partial charge in [-0.3, -0.25) is 9.52 Å². The molecule has 0 aliphatic heterocycles. The third kappa shape index (κ3) is 5.39. The summed E-state index contributed by atoms with van der Waals surface area (Å²) in [6.07, 6.45) is 0. The van der Waals surface area contributed by atoms with Gasteiger partial charge in [-0.1, -0.05) is 29.8 Å². The van der Waals surface area contributed by atoms with Crippen molar-refractivity contribution in [3.05, 3.63) is 83.4 Å². The third-order valence-corrected chi connectivity index (χ3v) is 6.36. The van der Waals surface area contributed by atoms with Gasteiger partial charge in [0.1, 0.15) is 0 Å². The van der Waals surface area contributed by atoms with Crippen LogP contribution in [0.25, 0.3) is 0 Å². The fraction of sp³-hybridized carbons (Fsp3) is 0.208. The lowest BCUT2D eigenvalue weighted by Crippen LogP contribution is -2.26. The second-order valence-electron chi connectivity index (χ2n) is 7.31. The maximum absolute atomic E-state index is 12.8. The number of ether oxygens (including phenoxy) is 2. The molecule has 8 heteroatoms. The zero-order valence-electron chi connectivity index (χ0n) is 18.4. The summed E-state index contributed by atoms with van der Waals surface area (Å²) in [5.41, 5.74) is 2.44. The molecular weight excluding hydrogens is 428 g/mol. The normalized spacial score (nSPS) is 12.0. The second kappa shape index (κ2) is 9.74. The number of methoxy groups -OCH3 is 2. The van der Waals surface area contributed by atoms with Crippen molar-refractivity contribution >= 4 is 21.6 Å². The van der Waals surface area contributed by atoms with Crippen molar-refractivity contribution in [1.29, 1.82) is 0 Å². The van der Waals surface area contributed by atoms with Crippen LogP contribution in [0.1, 0.15) is 34.5 Å². The van der Waals surface area contributed by atoms with Crippen LogP contribution < -0.4 is 19.5 Å². The summed E-state index contributed by atoms with van der Waals surface area (Å²) in [6, 6.07) is 18.0. The van der Waals surface area contributed by atoms with E-state index in [1.165, 1.54) is 6.07 Å². The largest absolute Gasteiger partial charge is 0.493 e. The van der Waals surface area contributed by atoms with Gasteiger partial charge in [-0.25, -0.2) is 8.42 Å². The van der Waals surface area contributed by atoms with Gasteiger partial charge in [0, 0.05) is 11.3 Å². The zero-order chi connectivity index (χ0) is 23.3. The van der Waals surface area contributed by atoms with E-state index in [0.717, 1.165) is 11.1 Å². The first-order chi connectivity index (χ1) is 15.2. The summed E-state index contributed by atoms with van der Waals surface area (Å²) < 4.78 is 38.4. The summed E-state index contributed by atoms with van der Waals surface area (Å²) in [4.78, 5) is 12.9. The van der Waals surface area contributed by atoms with E-state index in [-0.39, 0.29) is 16.8 Å². The molecule has 1 amide bonds. The van der Waals surface area contributed by atoms with Crippen LogP contribution in [0, 0.1) is 6.92 Å². The van der Waals surface area contributed by atoms with E-state index in [2.05, 4.69) is 10.0 Å². The number of hydrogen-bond acceptors (Lipinski definition) is 5. The van der Waals surface area contributed by atoms with E-state index in [0.29, 0.717) is 22.7 Å². The van der Waals surface area contributed by atoms with E-state index in [1.807, 2.05) is 19.9 Å². The predicted molar refractivity (Wildman–Crippen MR) is 124 cm³/mol. The SMILES string of the molecule is COc1ccc([C@@H](C)NC(=O)c2cccc(NS(=O)(=O)c3ccc(C)cc3)c2)cc1OC. The monoisotopic (exact) mass is 454 g/mol. The van der Waals surface area contributed by atoms with Gasteiger partial charge in [0.15, 0.2) is 11.5 Å². The molecule has 0 saturated heterocycles. The Labute approximate surface area is 188 Å². The summed E-state index contributed by atoms with van der Waals surface area (Å²) >= 11 is 0. The predicted octanol–water partition coefficient (Wildman–Crippen LogP) is 4.30. The number of hydrogen-bond donors (Lipinski definition) is 2. The van der Waals surface area contributed by atoms with Gasteiger partial charge in [0.2, 0.25) is 0 Å². The molecule has 3 aromatic carbocycles. The Bertz CT molecular complexity index is 1210. The molecule has 168 valence electrons. The van der Waals surface area contributed by atoms with Gasteiger partial charge < -0.3 is 14.8 Å². The summed E-state index contributed by atoms with van der Waals surface area (Å²) in [6.45, 7) is 3.73. The Kier molecular flexibility index (Phi) is 7.05. The number of benzene rings is 3. The van der Waals surface area contributed by atoms with Gasteiger partial charge in [-0.2, -0.15) is 0 Å². The number of amides is 1. The summed E-state index contributed by atoms with van der Waals surface area (Å²) in [5.74, 6) is 0.839. The van der Waals surface area contributed by atoms with Gasteiger partial charge in [-0.05, 0) is 61.9 Å². The van der Waals surface area contributed by atoms with Crippen molar-refractivity contribution < 1.29 is 22.7 Å². The maximum atomic E-state index is 12.8. The molecule has 0 aliphatic carbocycles. The standard InChI is InChI=1S/C24H26N2O5S/c1-16-8-11-21(12-9-16)32(28,29)26-20-7-5-6-19(14-20)24(27)25-17(2)18-10-13-22(30-3)23(15-18)31-4/h5-15,17,26H,1-4H3,(H,25,27)/t17-/m1/s1. The molecule has 0 saturated carbocycles. The second-order valence-corrected chi connectivity index (χ2v) is 8.99. The third-order valence-electron chi connectivity index (χ3n) is 4.96. The van der Waals surface area contributed by atoms with Crippen molar-refractivity contribution in [1.82, 2.24) is 5.32 Å². The number of sulfonamides is 1. The van der Waals surface area contributed by atoms with Crippen molar-refractivity contribution in [2.75, 3.05) is 18.9 Å². The number of anilines is 1. The van der Waals surface area contributed by atoms with Crippen LogP contribution in [0.4, 0.5) is 5.69 Å². The molecule has 7 nitrogen and oxygen atoms in total. The summed E-state index contributed by atoms with van der Waals surface area (Å²) in [5, 5.41) is 2.92. The van der Waals surface area contributed by atoms with Gasteiger partial charge in [-0.15, -0.1) is 0 Å². The van der Waals surface area contributed by atoms with E-state index in [4.69, 9.17) is 9.47 Å². The minimum Gasteiger partial charge on any atom is -0.493 e. The average molecular weight is 455 g/mol. The molecule has 0 fully saturated rings. The topological polar surface area (TPSA) is 93.7 Å². The lowest BCUT2D eigenvalue weighted by molar-refractivity contribution is 0.0940. The Balaban J connectivity index is 1.74. The van der Waals surface area contributed by atoms with E-state index in [9.17, 15) is 13.2 Å².